The van der Waals surface area contributed by atoms with Crippen LogP contribution in [0, 0.1) is 0 Å². The lowest BCUT2D eigenvalue weighted by Gasteiger charge is -2.11. The van der Waals surface area contributed by atoms with Crippen molar-refractivity contribution in [2.45, 2.75) is 11.4 Å². The van der Waals surface area contributed by atoms with Crippen molar-refractivity contribution in [3.05, 3.63) is 24.0 Å². The molecule has 1 aromatic carbocycles. The summed E-state index contributed by atoms with van der Waals surface area (Å²) < 4.78 is 47.3. The van der Waals surface area contributed by atoms with Crippen LogP contribution < -0.4 is 23.7 Å². The molecule has 0 radical (unpaired) electrons. The number of methoxy groups -OCH3 is 4. The van der Waals surface area contributed by atoms with Gasteiger partial charge in [0.25, 0.3) is 0 Å². The SMILES string of the molecule is COc1nc(CNS(=O)(=O)c2ccc(OC)c(OC)c2)nc(OC)n1. The minimum absolute atomic E-state index is 0.0122. The van der Waals surface area contributed by atoms with Crippen molar-refractivity contribution < 1.29 is 27.4 Å². The van der Waals surface area contributed by atoms with E-state index in [1.807, 2.05) is 0 Å². The fourth-order valence-corrected chi connectivity index (χ4v) is 2.86. The average molecular weight is 370 g/mol. The molecule has 0 saturated heterocycles. The Hall–Kier alpha value is -2.66. The standard InChI is InChI=1S/C14H18N4O6S/c1-21-10-6-5-9(7-11(10)22-2)25(19,20)15-8-12-16-13(23-3)18-14(17-12)24-4/h5-7,15H,8H2,1-4H3. The van der Waals surface area contributed by atoms with Crippen molar-refractivity contribution in [3.63, 3.8) is 0 Å². The van der Waals surface area contributed by atoms with E-state index < -0.39 is 10.0 Å². The largest absolute Gasteiger partial charge is 0.493 e. The van der Waals surface area contributed by atoms with Gasteiger partial charge < -0.3 is 18.9 Å². The molecule has 0 aliphatic heterocycles. The van der Waals surface area contributed by atoms with Crippen molar-refractivity contribution in [1.82, 2.24) is 19.7 Å². The van der Waals surface area contributed by atoms with Gasteiger partial charge in [0.1, 0.15) is 0 Å². The number of hydrogen-bond acceptors (Lipinski definition) is 9. The topological polar surface area (TPSA) is 122 Å². The number of nitrogens with one attached hydrogen (secondary N) is 1. The van der Waals surface area contributed by atoms with Gasteiger partial charge in [0.15, 0.2) is 17.3 Å². The van der Waals surface area contributed by atoms with Crippen molar-refractivity contribution in [2.24, 2.45) is 0 Å². The second-order valence-corrected chi connectivity index (χ2v) is 6.33. The number of aromatic nitrogens is 3. The summed E-state index contributed by atoms with van der Waals surface area (Å²) in [5.74, 6) is 0.870. The molecule has 0 unspecified atom stereocenters. The van der Waals surface area contributed by atoms with Crippen LogP contribution in [0.2, 0.25) is 0 Å². The molecule has 1 heterocycles. The van der Waals surface area contributed by atoms with Crippen molar-refractivity contribution in [2.75, 3.05) is 28.4 Å². The van der Waals surface area contributed by atoms with Gasteiger partial charge in [-0.3, -0.25) is 0 Å². The maximum atomic E-state index is 12.4. The Bertz CT molecular complexity index is 821. The zero-order valence-electron chi connectivity index (χ0n) is 14.1. The quantitative estimate of drug-likeness (QED) is 0.703. The Morgan fingerprint density at radius 2 is 1.48 bits per heavy atom. The lowest BCUT2D eigenvalue weighted by atomic mass is 10.3. The van der Waals surface area contributed by atoms with E-state index in [1.165, 1.54) is 46.6 Å². The molecule has 0 spiro atoms. The fourth-order valence-electron chi connectivity index (χ4n) is 1.87. The van der Waals surface area contributed by atoms with E-state index in [0.29, 0.717) is 11.5 Å². The zero-order valence-corrected chi connectivity index (χ0v) is 15.0. The summed E-state index contributed by atoms with van der Waals surface area (Å²) in [5.41, 5.74) is 0. The molecule has 2 rings (SSSR count). The molecule has 0 aliphatic carbocycles. The molecular weight excluding hydrogens is 352 g/mol. The molecule has 10 nitrogen and oxygen atoms in total. The average Bonchev–Trinajstić information content (AvgIpc) is 2.65. The Morgan fingerprint density at radius 1 is 0.880 bits per heavy atom. The third-order valence-corrected chi connectivity index (χ3v) is 4.49. The first-order valence-corrected chi connectivity index (χ1v) is 8.46. The van der Waals surface area contributed by atoms with Crippen LogP contribution in [0.1, 0.15) is 5.82 Å². The number of sulfonamides is 1. The first kappa shape index (κ1) is 18.7. The molecule has 0 amide bonds. The van der Waals surface area contributed by atoms with E-state index in [0.717, 1.165) is 0 Å². The highest BCUT2D eigenvalue weighted by molar-refractivity contribution is 7.89. The Balaban J connectivity index is 2.22. The predicted octanol–water partition coefficient (Wildman–Crippen LogP) is 0.384. The van der Waals surface area contributed by atoms with Gasteiger partial charge in [-0.1, -0.05) is 0 Å². The fraction of sp³-hybridized carbons (Fsp3) is 0.357. The monoisotopic (exact) mass is 370 g/mol. The van der Waals surface area contributed by atoms with Gasteiger partial charge >= 0.3 is 12.0 Å². The van der Waals surface area contributed by atoms with Crippen LogP contribution in [0.25, 0.3) is 0 Å². The maximum absolute atomic E-state index is 12.4. The van der Waals surface area contributed by atoms with Gasteiger partial charge in [-0.2, -0.15) is 9.97 Å². The molecule has 11 heteroatoms. The molecule has 1 aromatic heterocycles. The third-order valence-electron chi connectivity index (χ3n) is 3.09. The van der Waals surface area contributed by atoms with E-state index in [-0.39, 0.29) is 29.3 Å². The molecule has 0 atom stereocenters. The van der Waals surface area contributed by atoms with Crippen LogP contribution in [-0.4, -0.2) is 51.8 Å². The Morgan fingerprint density at radius 3 is 2.00 bits per heavy atom. The van der Waals surface area contributed by atoms with Crippen LogP contribution in [-0.2, 0) is 16.6 Å². The summed E-state index contributed by atoms with van der Waals surface area (Å²) in [7, 11) is 1.83. The number of hydrogen-bond donors (Lipinski definition) is 1. The highest BCUT2D eigenvalue weighted by Crippen LogP contribution is 2.29. The molecular formula is C14H18N4O6S. The minimum atomic E-state index is -3.82. The molecule has 0 saturated carbocycles. The molecule has 25 heavy (non-hydrogen) atoms. The van der Waals surface area contributed by atoms with Crippen molar-refractivity contribution in [1.29, 1.82) is 0 Å². The second kappa shape index (κ2) is 7.94. The van der Waals surface area contributed by atoms with E-state index in [9.17, 15) is 8.42 Å². The Kier molecular flexibility index (Phi) is 5.93. The molecule has 0 bridgehead atoms. The number of rotatable bonds is 8. The first-order valence-electron chi connectivity index (χ1n) is 6.98. The van der Waals surface area contributed by atoms with E-state index in [1.54, 1.807) is 0 Å². The van der Waals surface area contributed by atoms with E-state index >= 15 is 0 Å². The minimum Gasteiger partial charge on any atom is -0.493 e. The van der Waals surface area contributed by atoms with Crippen molar-refractivity contribution >= 4 is 10.0 Å². The lowest BCUT2D eigenvalue weighted by Crippen LogP contribution is -2.24. The highest BCUT2D eigenvalue weighted by Gasteiger charge is 2.18. The molecule has 136 valence electrons. The number of benzene rings is 1. The first-order chi connectivity index (χ1) is 11.9. The molecule has 1 N–H and O–H groups in total. The van der Waals surface area contributed by atoms with Crippen LogP contribution in [0.4, 0.5) is 0 Å². The van der Waals surface area contributed by atoms with E-state index in [4.69, 9.17) is 18.9 Å². The van der Waals surface area contributed by atoms with Crippen LogP contribution >= 0.6 is 0 Å². The van der Waals surface area contributed by atoms with Crippen LogP contribution in [0.3, 0.4) is 0 Å². The van der Waals surface area contributed by atoms with E-state index in [2.05, 4.69) is 19.7 Å². The number of ether oxygens (including phenoxy) is 4. The summed E-state index contributed by atoms with van der Waals surface area (Å²) in [6.45, 7) is -0.175. The van der Waals surface area contributed by atoms with Crippen LogP contribution in [0.15, 0.2) is 23.1 Å². The predicted molar refractivity (Wildman–Crippen MR) is 86.5 cm³/mol. The van der Waals surface area contributed by atoms with Crippen LogP contribution in [0.5, 0.6) is 23.5 Å². The zero-order chi connectivity index (χ0) is 18.4. The maximum Gasteiger partial charge on any atom is 0.322 e. The second-order valence-electron chi connectivity index (χ2n) is 4.57. The Labute approximate surface area is 145 Å². The highest BCUT2D eigenvalue weighted by atomic mass is 32.2. The van der Waals surface area contributed by atoms with Gasteiger partial charge in [0.2, 0.25) is 10.0 Å². The summed E-state index contributed by atoms with van der Waals surface area (Å²) in [4.78, 5) is 11.8. The summed E-state index contributed by atoms with van der Waals surface area (Å²) in [5, 5.41) is 0. The molecule has 2 aromatic rings. The third kappa shape index (κ3) is 4.45. The van der Waals surface area contributed by atoms with Gasteiger partial charge in [-0.15, -0.1) is 4.98 Å². The summed E-state index contributed by atoms with van der Waals surface area (Å²) in [6, 6.07) is 4.30. The lowest BCUT2D eigenvalue weighted by molar-refractivity contribution is 0.336. The normalized spacial score (nSPS) is 11.0. The van der Waals surface area contributed by atoms with Gasteiger partial charge in [0, 0.05) is 6.07 Å². The van der Waals surface area contributed by atoms with Gasteiger partial charge in [0.05, 0.1) is 39.9 Å². The molecule has 0 aliphatic rings. The smallest absolute Gasteiger partial charge is 0.322 e. The van der Waals surface area contributed by atoms with Crippen molar-refractivity contribution in [3.8, 4) is 23.5 Å². The summed E-state index contributed by atoms with van der Waals surface area (Å²) in [6.07, 6.45) is 0. The molecule has 0 fully saturated rings. The summed E-state index contributed by atoms with van der Waals surface area (Å²) >= 11 is 0. The van der Waals surface area contributed by atoms with Gasteiger partial charge in [-0.05, 0) is 12.1 Å². The van der Waals surface area contributed by atoms with Gasteiger partial charge in [-0.25, -0.2) is 13.1 Å². The number of nitrogens with zero attached hydrogens (tertiary/aromatic N) is 3.